The van der Waals surface area contributed by atoms with Crippen LogP contribution in [0.5, 0.6) is 0 Å². The lowest BCUT2D eigenvalue weighted by Crippen LogP contribution is -2.18. The van der Waals surface area contributed by atoms with Crippen LogP contribution in [0, 0.1) is 23.3 Å². The van der Waals surface area contributed by atoms with Crippen LogP contribution in [0.3, 0.4) is 0 Å². The van der Waals surface area contributed by atoms with Gasteiger partial charge < -0.3 is 5.73 Å². The zero-order chi connectivity index (χ0) is 15.7. The first-order valence-electron chi connectivity index (χ1n) is 5.83. The molecule has 0 saturated heterocycles. The molecule has 0 heterocycles. The summed E-state index contributed by atoms with van der Waals surface area (Å²) >= 11 is 5.88. The van der Waals surface area contributed by atoms with Crippen LogP contribution < -0.4 is 5.73 Å². The van der Waals surface area contributed by atoms with Crippen LogP contribution in [0.4, 0.5) is 17.6 Å². The monoisotopic (exact) mass is 425 g/mol. The van der Waals surface area contributed by atoms with E-state index in [0.717, 1.165) is 18.2 Å². The lowest BCUT2D eigenvalue weighted by Gasteiger charge is -2.16. The molecule has 112 valence electrons. The molecule has 2 aromatic rings. The van der Waals surface area contributed by atoms with Crippen molar-refractivity contribution < 1.29 is 17.6 Å². The lowest BCUT2D eigenvalue weighted by atomic mass is 9.98. The van der Waals surface area contributed by atoms with E-state index in [0.29, 0.717) is 0 Å². The third-order valence-corrected chi connectivity index (χ3v) is 4.05. The van der Waals surface area contributed by atoms with Crippen LogP contribution in [0.2, 0.25) is 0 Å². The summed E-state index contributed by atoms with van der Waals surface area (Å²) in [5, 5.41) is 0. The van der Waals surface area contributed by atoms with Crippen molar-refractivity contribution in [2.24, 2.45) is 5.73 Å². The Morgan fingerprint density at radius 2 is 1.52 bits per heavy atom. The lowest BCUT2D eigenvalue weighted by molar-refractivity contribution is 0.501. The highest BCUT2D eigenvalue weighted by Crippen LogP contribution is 2.29. The van der Waals surface area contributed by atoms with E-state index < -0.39 is 34.9 Å². The minimum Gasteiger partial charge on any atom is -0.323 e. The second-order valence-corrected chi connectivity index (χ2v) is 6.19. The van der Waals surface area contributed by atoms with Crippen LogP contribution in [0.1, 0.15) is 17.2 Å². The molecule has 2 aromatic carbocycles. The van der Waals surface area contributed by atoms with E-state index in [9.17, 15) is 17.6 Å². The maximum atomic E-state index is 13.9. The summed E-state index contributed by atoms with van der Waals surface area (Å²) in [5.41, 5.74) is 5.00. The molecule has 0 aliphatic rings. The summed E-state index contributed by atoms with van der Waals surface area (Å²) in [4.78, 5) is 0. The number of nitrogens with two attached hydrogens (primary N) is 1. The molecular formula is C14H9Br2F4N. The van der Waals surface area contributed by atoms with E-state index in [1.807, 2.05) is 0 Å². The summed E-state index contributed by atoms with van der Waals surface area (Å²) in [5.74, 6) is -3.39. The average Bonchev–Trinajstić information content (AvgIpc) is 2.38. The minimum absolute atomic E-state index is 0.0582. The van der Waals surface area contributed by atoms with Gasteiger partial charge in [0.25, 0.3) is 0 Å². The fourth-order valence-corrected chi connectivity index (χ4v) is 2.76. The van der Waals surface area contributed by atoms with Gasteiger partial charge in [-0.2, -0.15) is 0 Å². The first-order valence-corrected chi connectivity index (χ1v) is 7.42. The van der Waals surface area contributed by atoms with Gasteiger partial charge in [-0.1, -0.05) is 15.9 Å². The van der Waals surface area contributed by atoms with Gasteiger partial charge >= 0.3 is 0 Å². The van der Waals surface area contributed by atoms with E-state index in [1.165, 1.54) is 6.07 Å². The standard InChI is InChI=1S/C14H9Br2F4N/c15-6-3-10(18)13(11(19)4-6)12(21)5-7-9(17)2-1-8(16)14(7)20/h1-4,12H,5,21H2. The minimum atomic E-state index is -1.21. The Bertz CT molecular complexity index is 668. The Hall–Kier alpha value is -0.920. The largest absolute Gasteiger partial charge is 0.323 e. The first kappa shape index (κ1) is 16.5. The molecule has 0 aliphatic heterocycles. The average molecular weight is 427 g/mol. The van der Waals surface area contributed by atoms with Gasteiger partial charge in [0.05, 0.1) is 4.47 Å². The summed E-state index contributed by atoms with van der Waals surface area (Å²) in [6.07, 6.45) is -0.368. The van der Waals surface area contributed by atoms with E-state index >= 15 is 0 Å². The molecule has 0 spiro atoms. The van der Waals surface area contributed by atoms with Crippen molar-refractivity contribution in [1.29, 1.82) is 0 Å². The quantitative estimate of drug-likeness (QED) is 0.541. The van der Waals surface area contributed by atoms with Gasteiger partial charge in [0, 0.05) is 21.6 Å². The molecule has 0 aliphatic carbocycles. The molecule has 1 nitrogen and oxygen atoms in total. The van der Waals surface area contributed by atoms with Crippen molar-refractivity contribution in [2.75, 3.05) is 0 Å². The zero-order valence-electron chi connectivity index (χ0n) is 10.4. The van der Waals surface area contributed by atoms with Crippen molar-refractivity contribution in [3.8, 4) is 0 Å². The second kappa shape index (κ2) is 6.46. The molecule has 0 bridgehead atoms. The predicted molar refractivity (Wildman–Crippen MR) is 78.7 cm³/mol. The first-order chi connectivity index (χ1) is 9.81. The molecule has 2 N–H and O–H groups in total. The Kier molecular flexibility index (Phi) is 5.06. The Labute approximate surface area is 135 Å². The zero-order valence-corrected chi connectivity index (χ0v) is 13.6. The van der Waals surface area contributed by atoms with Crippen LogP contribution in [-0.4, -0.2) is 0 Å². The highest BCUT2D eigenvalue weighted by atomic mass is 79.9. The molecule has 1 atom stereocenters. The van der Waals surface area contributed by atoms with E-state index in [1.54, 1.807) is 0 Å². The van der Waals surface area contributed by atoms with Crippen LogP contribution in [0.15, 0.2) is 33.2 Å². The van der Waals surface area contributed by atoms with Crippen LogP contribution in [0.25, 0.3) is 0 Å². The molecule has 0 amide bonds. The number of hydrogen-bond donors (Lipinski definition) is 1. The fourth-order valence-electron chi connectivity index (χ4n) is 1.99. The highest BCUT2D eigenvalue weighted by Gasteiger charge is 2.22. The van der Waals surface area contributed by atoms with Crippen molar-refractivity contribution in [3.63, 3.8) is 0 Å². The van der Waals surface area contributed by atoms with Crippen molar-refractivity contribution in [1.82, 2.24) is 0 Å². The molecule has 0 radical (unpaired) electrons. The SMILES string of the molecule is NC(Cc1c(F)ccc(Br)c1F)c1c(F)cc(Br)cc1F. The fraction of sp³-hybridized carbons (Fsp3) is 0.143. The van der Waals surface area contributed by atoms with Crippen molar-refractivity contribution in [2.45, 2.75) is 12.5 Å². The summed E-state index contributed by atoms with van der Waals surface area (Å²) < 4.78 is 55.4. The predicted octanol–water partition coefficient (Wildman–Crippen LogP) is 5.01. The Morgan fingerprint density at radius 3 is 2.10 bits per heavy atom. The van der Waals surface area contributed by atoms with Crippen LogP contribution >= 0.6 is 31.9 Å². The topological polar surface area (TPSA) is 26.0 Å². The Balaban J connectivity index is 2.40. The number of rotatable bonds is 3. The highest BCUT2D eigenvalue weighted by molar-refractivity contribution is 9.10. The second-order valence-electron chi connectivity index (χ2n) is 4.42. The maximum Gasteiger partial charge on any atom is 0.143 e. The van der Waals surface area contributed by atoms with Gasteiger partial charge in [-0.25, -0.2) is 17.6 Å². The van der Waals surface area contributed by atoms with Gasteiger partial charge in [-0.05, 0) is 46.6 Å². The molecule has 2 rings (SSSR count). The molecule has 21 heavy (non-hydrogen) atoms. The summed E-state index contributed by atoms with van der Waals surface area (Å²) in [7, 11) is 0. The van der Waals surface area contributed by atoms with Gasteiger partial charge in [-0.15, -0.1) is 0 Å². The van der Waals surface area contributed by atoms with Gasteiger partial charge in [0.15, 0.2) is 0 Å². The summed E-state index contributed by atoms with van der Waals surface area (Å²) in [6.45, 7) is 0. The molecule has 0 saturated carbocycles. The third kappa shape index (κ3) is 3.46. The van der Waals surface area contributed by atoms with Gasteiger partial charge in [-0.3, -0.25) is 0 Å². The van der Waals surface area contributed by atoms with Gasteiger partial charge in [0.1, 0.15) is 23.3 Å². The van der Waals surface area contributed by atoms with E-state index in [2.05, 4.69) is 31.9 Å². The number of benzene rings is 2. The van der Waals surface area contributed by atoms with E-state index in [4.69, 9.17) is 5.73 Å². The van der Waals surface area contributed by atoms with Gasteiger partial charge in [0.2, 0.25) is 0 Å². The van der Waals surface area contributed by atoms with Crippen LogP contribution in [-0.2, 0) is 6.42 Å². The number of hydrogen-bond acceptors (Lipinski definition) is 1. The molecule has 0 aromatic heterocycles. The van der Waals surface area contributed by atoms with Crippen molar-refractivity contribution in [3.05, 3.63) is 67.6 Å². The summed E-state index contributed by atoms with van der Waals surface area (Å²) in [6, 6.07) is 3.15. The Morgan fingerprint density at radius 1 is 0.952 bits per heavy atom. The molecule has 0 fully saturated rings. The number of halogens is 6. The molecule has 7 heteroatoms. The molecule has 1 unspecified atom stereocenters. The molecular weight excluding hydrogens is 418 g/mol. The smallest absolute Gasteiger partial charge is 0.143 e. The maximum absolute atomic E-state index is 13.9. The normalized spacial score (nSPS) is 12.5. The third-order valence-electron chi connectivity index (χ3n) is 2.98. The van der Waals surface area contributed by atoms with E-state index in [-0.39, 0.29) is 20.9 Å². The van der Waals surface area contributed by atoms with Crippen molar-refractivity contribution >= 4 is 31.9 Å².